The third-order valence-electron chi connectivity index (χ3n) is 5.02. The largest absolute Gasteiger partial charge is 0.373 e. The lowest BCUT2D eigenvalue weighted by Gasteiger charge is -2.24. The molecule has 0 saturated carbocycles. The Kier molecular flexibility index (Phi) is 6.14. The van der Waals surface area contributed by atoms with Crippen LogP contribution in [0.4, 0.5) is 5.69 Å². The number of hydrogen-bond donors (Lipinski definition) is 2. The maximum Gasteiger partial charge on any atom is 0.227 e. The monoisotopic (exact) mass is 358 g/mol. The standard InChI is InChI=1S/C20H30N4O2/c1-3-21-19(23-15-20(2)11-5-13-26-20)22-14-16-7-9-17(10-8-16)24-12-4-6-18(24)25/h7-10H,3-6,11-15H2,1-2H3,(H2,21,22,23). The first-order chi connectivity index (χ1) is 12.6. The Morgan fingerprint density at radius 2 is 2.08 bits per heavy atom. The van der Waals surface area contributed by atoms with Gasteiger partial charge >= 0.3 is 0 Å². The second-order valence-corrected chi connectivity index (χ2v) is 7.27. The highest BCUT2D eigenvalue weighted by atomic mass is 16.5. The van der Waals surface area contributed by atoms with Crippen LogP contribution in [0.25, 0.3) is 0 Å². The minimum Gasteiger partial charge on any atom is -0.373 e. The summed E-state index contributed by atoms with van der Waals surface area (Å²) in [6, 6.07) is 8.13. The van der Waals surface area contributed by atoms with E-state index in [0.29, 0.717) is 13.0 Å². The second kappa shape index (κ2) is 8.54. The van der Waals surface area contributed by atoms with Crippen LogP contribution in [-0.4, -0.2) is 43.7 Å². The smallest absolute Gasteiger partial charge is 0.227 e. The molecule has 0 bridgehead atoms. The Hall–Kier alpha value is -2.08. The quantitative estimate of drug-likeness (QED) is 0.605. The van der Waals surface area contributed by atoms with Crippen molar-refractivity contribution in [3.8, 4) is 0 Å². The lowest BCUT2D eigenvalue weighted by molar-refractivity contribution is -0.117. The Morgan fingerprint density at radius 1 is 1.27 bits per heavy atom. The van der Waals surface area contributed by atoms with E-state index in [1.807, 2.05) is 17.0 Å². The average Bonchev–Trinajstić information content (AvgIpc) is 3.27. The highest BCUT2D eigenvalue weighted by molar-refractivity contribution is 5.95. The van der Waals surface area contributed by atoms with E-state index in [1.54, 1.807) is 0 Å². The summed E-state index contributed by atoms with van der Waals surface area (Å²) in [7, 11) is 0. The molecular formula is C20H30N4O2. The summed E-state index contributed by atoms with van der Waals surface area (Å²) in [5.74, 6) is 1.03. The number of guanidine groups is 1. The van der Waals surface area contributed by atoms with Gasteiger partial charge in [-0.1, -0.05) is 12.1 Å². The fourth-order valence-corrected chi connectivity index (χ4v) is 3.46. The number of nitrogens with one attached hydrogen (secondary N) is 2. The van der Waals surface area contributed by atoms with E-state index in [1.165, 1.54) is 0 Å². The van der Waals surface area contributed by atoms with Crippen molar-refractivity contribution in [1.29, 1.82) is 0 Å². The number of aliphatic imine (C=N–C) groups is 1. The number of nitrogens with zero attached hydrogens (tertiary/aromatic N) is 2. The van der Waals surface area contributed by atoms with Crippen LogP contribution in [0, 0.1) is 0 Å². The first-order valence-corrected chi connectivity index (χ1v) is 9.65. The molecule has 1 aromatic rings. The normalized spacial score (nSPS) is 23.5. The molecule has 0 aromatic heterocycles. The summed E-state index contributed by atoms with van der Waals surface area (Å²) in [5.41, 5.74) is 2.01. The van der Waals surface area contributed by atoms with Crippen molar-refractivity contribution in [3.63, 3.8) is 0 Å². The first kappa shape index (κ1) is 18.7. The van der Waals surface area contributed by atoms with E-state index in [-0.39, 0.29) is 11.5 Å². The van der Waals surface area contributed by atoms with Crippen molar-refractivity contribution in [2.75, 3.05) is 31.1 Å². The number of rotatable bonds is 6. The van der Waals surface area contributed by atoms with Gasteiger partial charge in [-0.2, -0.15) is 0 Å². The van der Waals surface area contributed by atoms with E-state index in [2.05, 4.69) is 41.6 Å². The summed E-state index contributed by atoms with van der Waals surface area (Å²) in [4.78, 5) is 18.4. The molecule has 2 aliphatic heterocycles. The summed E-state index contributed by atoms with van der Waals surface area (Å²) in [6.45, 7) is 8.06. The van der Waals surface area contributed by atoms with E-state index in [4.69, 9.17) is 4.74 Å². The van der Waals surface area contributed by atoms with Crippen molar-refractivity contribution in [1.82, 2.24) is 10.6 Å². The molecule has 1 atom stereocenters. The zero-order chi connectivity index (χ0) is 18.4. The Morgan fingerprint density at radius 3 is 2.69 bits per heavy atom. The molecule has 6 heteroatoms. The van der Waals surface area contributed by atoms with E-state index in [9.17, 15) is 4.79 Å². The van der Waals surface area contributed by atoms with Gasteiger partial charge in [0.15, 0.2) is 5.96 Å². The van der Waals surface area contributed by atoms with Gasteiger partial charge in [0.1, 0.15) is 0 Å². The van der Waals surface area contributed by atoms with Crippen LogP contribution < -0.4 is 15.5 Å². The van der Waals surface area contributed by atoms with Crippen molar-refractivity contribution in [3.05, 3.63) is 29.8 Å². The van der Waals surface area contributed by atoms with Gasteiger partial charge in [0.05, 0.1) is 12.1 Å². The van der Waals surface area contributed by atoms with Gasteiger partial charge < -0.3 is 20.3 Å². The molecule has 142 valence electrons. The number of carbonyl (C=O) groups excluding carboxylic acids is 1. The van der Waals surface area contributed by atoms with Crippen LogP contribution in [0.3, 0.4) is 0 Å². The molecule has 26 heavy (non-hydrogen) atoms. The van der Waals surface area contributed by atoms with Crippen LogP contribution in [0.5, 0.6) is 0 Å². The molecule has 2 aliphatic rings. The average molecular weight is 358 g/mol. The van der Waals surface area contributed by atoms with Crippen molar-refractivity contribution in [2.24, 2.45) is 4.99 Å². The Bertz CT molecular complexity index is 636. The highest BCUT2D eigenvalue weighted by Gasteiger charge is 2.29. The summed E-state index contributed by atoms with van der Waals surface area (Å²) < 4.78 is 5.82. The lowest BCUT2D eigenvalue weighted by Crippen LogP contribution is -2.45. The molecule has 3 rings (SSSR count). The van der Waals surface area contributed by atoms with Crippen LogP contribution in [0.2, 0.25) is 0 Å². The minimum atomic E-state index is -0.0971. The molecule has 0 spiro atoms. The van der Waals surface area contributed by atoms with Gasteiger partial charge in [0.25, 0.3) is 0 Å². The van der Waals surface area contributed by atoms with Crippen molar-refractivity contribution < 1.29 is 9.53 Å². The van der Waals surface area contributed by atoms with Gasteiger partial charge in [0.2, 0.25) is 5.91 Å². The Balaban J connectivity index is 1.57. The number of ether oxygens (including phenoxy) is 1. The maximum atomic E-state index is 11.8. The van der Waals surface area contributed by atoms with Gasteiger partial charge in [-0.3, -0.25) is 4.79 Å². The number of amides is 1. The molecule has 1 unspecified atom stereocenters. The topological polar surface area (TPSA) is 66.0 Å². The number of hydrogen-bond acceptors (Lipinski definition) is 3. The van der Waals surface area contributed by atoms with E-state index >= 15 is 0 Å². The first-order valence-electron chi connectivity index (χ1n) is 9.65. The summed E-state index contributed by atoms with van der Waals surface area (Å²) in [5, 5.41) is 6.68. The van der Waals surface area contributed by atoms with Crippen molar-refractivity contribution >= 4 is 17.6 Å². The molecule has 2 saturated heterocycles. The molecule has 1 aromatic carbocycles. The number of carbonyl (C=O) groups is 1. The van der Waals surface area contributed by atoms with Gasteiger partial charge in [-0.05, 0) is 50.8 Å². The van der Waals surface area contributed by atoms with E-state index < -0.39 is 0 Å². The molecule has 0 radical (unpaired) electrons. The SMILES string of the molecule is CCNC(=NCc1ccc(N2CCCC2=O)cc1)NCC1(C)CCCO1. The molecule has 0 aliphatic carbocycles. The highest BCUT2D eigenvalue weighted by Crippen LogP contribution is 2.24. The predicted octanol–water partition coefficient (Wildman–Crippen LogP) is 2.44. The predicted molar refractivity (Wildman–Crippen MR) is 104 cm³/mol. The fourth-order valence-electron chi connectivity index (χ4n) is 3.46. The van der Waals surface area contributed by atoms with Crippen LogP contribution in [0.15, 0.2) is 29.3 Å². The molecule has 2 heterocycles. The molecule has 6 nitrogen and oxygen atoms in total. The van der Waals surface area contributed by atoms with E-state index in [0.717, 1.165) is 62.7 Å². The zero-order valence-electron chi connectivity index (χ0n) is 15.9. The van der Waals surface area contributed by atoms with Gasteiger partial charge in [-0.25, -0.2) is 4.99 Å². The third kappa shape index (κ3) is 4.75. The Labute approximate surface area is 156 Å². The third-order valence-corrected chi connectivity index (χ3v) is 5.02. The molecular weight excluding hydrogens is 328 g/mol. The second-order valence-electron chi connectivity index (χ2n) is 7.27. The van der Waals surface area contributed by atoms with Crippen LogP contribution >= 0.6 is 0 Å². The van der Waals surface area contributed by atoms with Gasteiger partial charge in [0, 0.05) is 38.3 Å². The van der Waals surface area contributed by atoms with Gasteiger partial charge in [-0.15, -0.1) is 0 Å². The zero-order valence-corrected chi connectivity index (χ0v) is 15.9. The molecule has 2 N–H and O–H groups in total. The van der Waals surface area contributed by atoms with Crippen molar-refractivity contribution in [2.45, 2.75) is 51.7 Å². The van der Waals surface area contributed by atoms with Crippen LogP contribution in [0.1, 0.15) is 45.1 Å². The minimum absolute atomic E-state index is 0.0971. The maximum absolute atomic E-state index is 11.8. The summed E-state index contributed by atoms with van der Waals surface area (Å²) >= 11 is 0. The van der Waals surface area contributed by atoms with Crippen LogP contribution in [-0.2, 0) is 16.1 Å². The lowest BCUT2D eigenvalue weighted by atomic mass is 10.0. The molecule has 2 fully saturated rings. The number of anilines is 1. The number of benzene rings is 1. The molecule has 1 amide bonds. The summed E-state index contributed by atoms with van der Waals surface area (Å²) in [6.07, 6.45) is 3.81. The fraction of sp³-hybridized carbons (Fsp3) is 0.600.